The number of benzene rings is 1. The molecule has 0 aromatic heterocycles. The maximum atomic E-state index is 13.5. The molecular formula is C12H16BrFN2. The van der Waals surface area contributed by atoms with Crippen LogP contribution in [0.5, 0.6) is 0 Å². The van der Waals surface area contributed by atoms with E-state index in [2.05, 4.69) is 27.8 Å². The second kappa shape index (κ2) is 4.62. The van der Waals surface area contributed by atoms with Crippen LogP contribution >= 0.6 is 15.9 Å². The number of rotatable bonds is 1. The Hall–Kier alpha value is -0.770. The molecule has 0 bridgehead atoms. The third-order valence-corrected chi connectivity index (χ3v) is 3.79. The summed E-state index contributed by atoms with van der Waals surface area (Å²) in [5, 5.41) is 0. The third-order valence-electron chi connectivity index (χ3n) is 3.18. The van der Waals surface area contributed by atoms with Gasteiger partial charge in [-0.1, -0.05) is 0 Å². The van der Waals surface area contributed by atoms with Gasteiger partial charge in [0, 0.05) is 18.7 Å². The van der Waals surface area contributed by atoms with Crippen molar-refractivity contribution < 1.29 is 4.39 Å². The van der Waals surface area contributed by atoms with E-state index in [0.717, 1.165) is 25.1 Å². The molecule has 4 heteroatoms. The van der Waals surface area contributed by atoms with Crippen LogP contribution < -0.4 is 10.6 Å². The van der Waals surface area contributed by atoms with Crippen LogP contribution in [0.15, 0.2) is 16.6 Å². The van der Waals surface area contributed by atoms with Crippen molar-refractivity contribution >= 4 is 27.3 Å². The second-order valence-corrected chi connectivity index (χ2v) is 5.22. The molecule has 1 saturated heterocycles. The molecule has 1 aliphatic rings. The highest BCUT2D eigenvalue weighted by molar-refractivity contribution is 9.10. The lowest BCUT2D eigenvalue weighted by atomic mass is 10.0. The van der Waals surface area contributed by atoms with Crippen molar-refractivity contribution in [2.24, 2.45) is 0 Å². The number of hydrogen-bond acceptors (Lipinski definition) is 2. The zero-order valence-electron chi connectivity index (χ0n) is 9.34. The third kappa shape index (κ3) is 2.17. The Labute approximate surface area is 104 Å². The van der Waals surface area contributed by atoms with Gasteiger partial charge < -0.3 is 10.6 Å². The van der Waals surface area contributed by atoms with E-state index in [-0.39, 0.29) is 5.82 Å². The fourth-order valence-electron chi connectivity index (χ4n) is 2.26. The van der Waals surface area contributed by atoms with Crippen molar-refractivity contribution in [2.45, 2.75) is 32.2 Å². The summed E-state index contributed by atoms with van der Waals surface area (Å²) in [5.41, 5.74) is 7.41. The van der Waals surface area contributed by atoms with Crippen molar-refractivity contribution in [1.82, 2.24) is 0 Å². The highest BCUT2D eigenvalue weighted by atomic mass is 79.9. The lowest BCUT2D eigenvalue weighted by Gasteiger charge is -2.36. The molecule has 1 heterocycles. The Kier molecular flexibility index (Phi) is 3.38. The fourth-order valence-corrected chi connectivity index (χ4v) is 2.62. The Bertz CT molecular complexity index is 395. The molecule has 1 fully saturated rings. The van der Waals surface area contributed by atoms with E-state index in [1.54, 1.807) is 6.07 Å². The van der Waals surface area contributed by atoms with Gasteiger partial charge in [-0.05, 0) is 48.2 Å². The zero-order chi connectivity index (χ0) is 11.7. The Balaban J connectivity index is 2.35. The predicted octanol–water partition coefficient (Wildman–Crippen LogP) is 3.55. The second-order valence-electron chi connectivity index (χ2n) is 4.36. The lowest BCUT2D eigenvalue weighted by molar-refractivity contribution is 0.484. The number of nitrogen functional groups attached to an aromatic ring is 1. The summed E-state index contributed by atoms with van der Waals surface area (Å²) < 4.78 is 13.9. The first-order chi connectivity index (χ1) is 7.59. The van der Waals surface area contributed by atoms with E-state index in [1.807, 2.05) is 0 Å². The van der Waals surface area contributed by atoms with Gasteiger partial charge >= 0.3 is 0 Å². The molecule has 1 atom stereocenters. The van der Waals surface area contributed by atoms with Gasteiger partial charge in [-0.2, -0.15) is 0 Å². The van der Waals surface area contributed by atoms with Gasteiger partial charge in [0.2, 0.25) is 0 Å². The molecule has 0 radical (unpaired) electrons. The molecule has 1 aromatic rings. The minimum atomic E-state index is -0.248. The van der Waals surface area contributed by atoms with Gasteiger partial charge in [0.1, 0.15) is 5.82 Å². The molecule has 16 heavy (non-hydrogen) atoms. The fraction of sp³-hybridized carbons (Fsp3) is 0.500. The van der Waals surface area contributed by atoms with Crippen LogP contribution in [0.2, 0.25) is 0 Å². The molecule has 2 rings (SSSR count). The molecular weight excluding hydrogens is 271 g/mol. The smallest absolute Gasteiger partial charge is 0.139 e. The van der Waals surface area contributed by atoms with Crippen molar-refractivity contribution in [1.29, 1.82) is 0 Å². The Morgan fingerprint density at radius 2 is 2.19 bits per heavy atom. The van der Waals surface area contributed by atoms with Crippen molar-refractivity contribution in [3.63, 3.8) is 0 Å². The standard InChI is InChI=1S/C12H16BrFN2/c1-8-4-2-3-5-16(8)12-7-10(14)9(13)6-11(12)15/h6-8H,2-5,15H2,1H3. The largest absolute Gasteiger partial charge is 0.397 e. The minimum absolute atomic E-state index is 0.248. The van der Waals surface area contributed by atoms with Gasteiger partial charge in [-0.25, -0.2) is 4.39 Å². The van der Waals surface area contributed by atoms with E-state index >= 15 is 0 Å². The van der Waals surface area contributed by atoms with E-state index in [4.69, 9.17) is 5.73 Å². The number of nitrogens with two attached hydrogens (primary N) is 1. The summed E-state index contributed by atoms with van der Waals surface area (Å²) in [6.07, 6.45) is 3.55. The molecule has 0 amide bonds. The maximum absolute atomic E-state index is 13.5. The summed E-state index contributed by atoms with van der Waals surface area (Å²) >= 11 is 3.15. The van der Waals surface area contributed by atoms with Crippen LogP contribution in [0.1, 0.15) is 26.2 Å². The zero-order valence-corrected chi connectivity index (χ0v) is 10.9. The molecule has 88 valence electrons. The monoisotopic (exact) mass is 286 g/mol. The molecule has 1 aromatic carbocycles. The van der Waals surface area contributed by atoms with Crippen molar-refractivity contribution in [3.05, 3.63) is 22.4 Å². The van der Waals surface area contributed by atoms with Gasteiger partial charge in [0.05, 0.1) is 15.8 Å². The Morgan fingerprint density at radius 1 is 1.44 bits per heavy atom. The molecule has 0 saturated carbocycles. The first-order valence-corrected chi connectivity index (χ1v) is 6.40. The summed E-state index contributed by atoms with van der Waals surface area (Å²) in [7, 11) is 0. The van der Waals surface area contributed by atoms with E-state index in [9.17, 15) is 4.39 Å². The van der Waals surface area contributed by atoms with Gasteiger partial charge in [0.25, 0.3) is 0 Å². The van der Waals surface area contributed by atoms with Crippen LogP contribution in [0.3, 0.4) is 0 Å². The van der Waals surface area contributed by atoms with E-state index in [1.165, 1.54) is 12.5 Å². The van der Waals surface area contributed by atoms with E-state index < -0.39 is 0 Å². The van der Waals surface area contributed by atoms with Gasteiger partial charge in [-0.3, -0.25) is 0 Å². The molecule has 2 N–H and O–H groups in total. The Morgan fingerprint density at radius 3 is 2.88 bits per heavy atom. The predicted molar refractivity (Wildman–Crippen MR) is 69.2 cm³/mol. The molecule has 1 aliphatic heterocycles. The number of halogens is 2. The van der Waals surface area contributed by atoms with Crippen LogP contribution in [-0.4, -0.2) is 12.6 Å². The van der Waals surface area contributed by atoms with Crippen LogP contribution in [-0.2, 0) is 0 Å². The summed E-state index contributed by atoms with van der Waals surface area (Å²) in [5.74, 6) is -0.248. The first-order valence-electron chi connectivity index (χ1n) is 5.60. The molecule has 0 aliphatic carbocycles. The molecule has 1 unspecified atom stereocenters. The van der Waals surface area contributed by atoms with Crippen LogP contribution in [0.25, 0.3) is 0 Å². The van der Waals surface area contributed by atoms with Crippen LogP contribution in [0.4, 0.5) is 15.8 Å². The number of nitrogens with zero attached hydrogens (tertiary/aromatic N) is 1. The molecule has 2 nitrogen and oxygen atoms in total. The maximum Gasteiger partial charge on any atom is 0.139 e. The van der Waals surface area contributed by atoms with Crippen LogP contribution in [0, 0.1) is 5.82 Å². The van der Waals surface area contributed by atoms with Gasteiger partial charge in [-0.15, -0.1) is 0 Å². The van der Waals surface area contributed by atoms with E-state index in [0.29, 0.717) is 16.2 Å². The SMILES string of the molecule is CC1CCCCN1c1cc(F)c(Br)cc1N. The number of anilines is 2. The highest BCUT2D eigenvalue weighted by Gasteiger charge is 2.21. The topological polar surface area (TPSA) is 29.3 Å². The van der Waals surface area contributed by atoms with Crippen molar-refractivity contribution in [2.75, 3.05) is 17.2 Å². The number of hydrogen-bond donors (Lipinski definition) is 1. The van der Waals surface area contributed by atoms with Gasteiger partial charge in [0.15, 0.2) is 0 Å². The normalized spacial score (nSPS) is 21.2. The first kappa shape index (κ1) is 11.7. The average molecular weight is 287 g/mol. The average Bonchev–Trinajstić information content (AvgIpc) is 2.25. The van der Waals surface area contributed by atoms with Crippen molar-refractivity contribution in [3.8, 4) is 0 Å². The molecule has 0 spiro atoms. The highest BCUT2D eigenvalue weighted by Crippen LogP contribution is 2.33. The minimum Gasteiger partial charge on any atom is -0.397 e. The summed E-state index contributed by atoms with van der Waals surface area (Å²) in [4.78, 5) is 2.20. The number of piperidine rings is 1. The summed E-state index contributed by atoms with van der Waals surface area (Å²) in [6.45, 7) is 3.13. The summed E-state index contributed by atoms with van der Waals surface area (Å²) in [6, 6.07) is 3.62. The quantitative estimate of drug-likeness (QED) is 0.800. The lowest BCUT2D eigenvalue weighted by Crippen LogP contribution is -2.37.